The number of Topliss-reactive ketones (excluding diaryl/α,β-unsaturated/α-hetero) is 1. The molecule has 5 nitrogen and oxygen atoms in total. The Balaban J connectivity index is 1.81. The van der Waals surface area contributed by atoms with Crippen LogP contribution in [0.1, 0.15) is 17.3 Å². The van der Waals surface area contributed by atoms with Gasteiger partial charge in [0.1, 0.15) is 11.3 Å². The summed E-state index contributed by atoms with van der Waals surface area (Å²) in [5.41, 5.74) is 2.10. The average molecular weight is 391 g/mol. The van der Waals surface area contributed by atoms with Crippen molar-refractivity contribution in [2.24, 2.45) is 0 Å². The second-order valence-corrected chi connectivity index (χ2v) is 8.04. The smallest absolute Gasteiger partial charge is 0.261 e. The zero-order valence-electron chi connectivity index (χ0n) is 15.0. The molecular formula is C22H17NO4S. The number of carbonyl (C=O) groups excluding carboxylic acids is 1. The Labute approximate surface area is 162 Å². The lowest BCUT2D eigenvalue weighted by Gasteiger charge is -2.08. The number of hydrogen-bond donors (Lipinski definition) is 1. The number of ketones is 1. The van der Waals surface area contributed by atoms with E-state index in [0.717, 1.165) is 5.56 Å². The van der Waals surface area contributed by atoms with Crippen molar-refractivity contribution >= 4 is 32.5 Å². The normalized spacial score (nSPS) is 11.5. The van der Waals surface area contributed by atoms with Crippen LogP contribution in [-0.2, 0) is 10.0 Å². The van der Waals surface area contributed by atoms with Crippen molar-refractivity contribution in [3.05, 3.63) is 84.4 Å². The van der Waals surface area contributed by atoms with Crippen molar-refractivity contribution in [2.45, 2.75) is 11.8 Å². The van der Waals surface area contributed by atoms with Crippen LogP contribution < -0.4 is 4.72 Å². The van der Waals surface area contributed by atoms with Gasteiger partial charge in [-0.1, -0.05) is 48.5 Å². The highest BCUT2D eigenvalue weighted by molar-refractivity contribution is 7.92. The Morgan fingerprint density at radius 2 is 1.54 bits per heavy atom. The molecule has 1 N–H and O–H groups in total. The number of hydrogen-bond acceptors (Lipinski definition) is 4. The molecule has 1 heterocycles. The predicted molar refractivity (Wildman–Crippen MR) is 109 cm³/mol. The number of benzene rings is 3. The number of anilines is 1. The first-order valence-electron chi connectivity index (χ1n) is 8.66. The lowest BCUT2D eigenvalue weighted by molar-refractivity contribution is 0.101. The van der Waals surface area contributed by atoms with Gasteiger partial charge < -0.3 is 4.42 Å². The van der Waals surface area contributed by atoms with Crippen molar-refractivity contribution in [1.82, 2.24) is 0 Å². The van der Waals surface area contributed by atoms with E-state index in [1.807, 2.05) is 30.3 Å². The lowest BCUT2D eigenvalue weighted by atomic mass is 10.0. The fourth-order valence-electron chi connectivity index (χ4n) is 3.12. The highest BCUT2D eigenvalue weighted by atomic mass is 32.2. The molecule has 0 radical (unpaired) electrons. The highest BCUT2D eigenvalue weighted by Gasteiger charge is 2.21. The van der Waals surface area contributed by atoms with Crippen LogP contribution in [0.2, 0.25) is 0 Å². The molecule has 0 fully saturated rings. The third kappa shape index (κ3) is 3.30. The van der Waals surface area contributed by atoms with Crippen LogP contribution in [0.5, 0.6) is 0 Å². The molecule has 0 aliphatic rings. The van der Waals surface area contributed by atoms with Gasteiger partial charge in [0.05, 0.1) is 10.5 Å². The number of furan rings is 1. The quantitative estimate of drug-likeness (QED) is 0.480. The highest BCUT2D eigenvalue weighted by Crippen LogP contribution is 2.35. The molecule has 0 bridgehead atoms. The second kappa shape index (κ2) is 6.98. The number of rotatable bonds is 5. The van der Waals surface area contributed by atoms with E-state index >= 15 is 0 Å². The lowest BCUT2D eigenvalue weighted by Crippen LogP contribution is -2.12. The third-order valence-corrected chi connectivity index (χ3v) is 5.78. The summed E-state index contributed by atoms with van der Waals surface area (Å²) in [6.45, 7) is 1.47. The topological polar surface area (TPSA) is 76.4 Å². The maximum absolute atomic E-state index is 12.6. The Kier molecular flexibility index (Phi) is 4.49. The molecule has 4 rings (SSSR count). The Hall–Kier alpha value is -3.38. The van der Waals surface area contributed by atoms with Gasteiger partial charge in [-0.15, -0.1) is 0 Å². The minimum Gasteiger partial charge on any atom is -0.455 e. The van der Waals surface area contributed by atoms with Crippen molar-refractivity contribution < 1.29 is 17.6 Å². The van der Waals surface area contributed by atoms with Gasteiger partial charge in [-0.3, -0.25) is 9.52 Å². The molecule has 0 amide bonds. The molecule has 28 heavy (non-hydrogen) atoms. The van der Waals surface area contributed by atoms with Crippen LogP contribution in [0.3, 0.4) is 0 Å². The largest absolute Gasteiger partial charge is 0.455 e. The summed E-state index contributed by atoms with van der Waals surface area (Å²) in [4.78, 5) is 12.5. The van der Waals surface area contributed by atoms with Crippen LogP contribution in [0.25, 0.3) is 22.3 Å². The average Bonchev–Trinajstić information content (AvgIpc) is 3.08. The van der Waals surface area contributed by atoms with Gasteiger partial charge in [0.25, 0.3) is 10.0 Å². The summed E-state index contributed by atoms with van der Waals surface area (Å²) in [7, 11) is -3.73. The molecule has 3 aromatic carbocycles. The van der Waals surface area contributed by atoms with E-state index in [1.165, 1.54) is 19.1 Å². The molecule has 0 unspecified atom stereocenters. The first kappa shape index (κ1) is 18.0. The molecule has 0 spiro atoms. The monoisotopic (exact) mass is 391 g/mol. The summed E-state index contributed by atoms with van der Waals surface area (Å²) in [6, 6.07) is 22.4. The number of carbonyl (C=O) groups is 1. The number of nitrogens with one attached hydrogen (secondary N) is 1. The Morgan fingerprint density at radius 1 is 0.893 bits per heavy atom. The summed E-state index contributed by atoms with van der Waals surface area (Å²) in [5, 5.41) is 0.569. The van der Waals surface area contributed by atoms with E-state index in [2.05, 4.69) is 4.72 Å². The van der Waals surface area contributed by atoms with Crippen molar-refractivity contribution in [1.29, 1.82) is 0 Å². The van der Waals surface area contributed by atoms with Crippen molar-refractivity contribution in [3.8, 4) is 11.3 Å². The fraction of sp³-hybridized carbons (Fsp3) is 0.0455. The Morgan fingerprint density at radius 3 is 2.18 bits per heavy atom. The van der Waals surface area contributed by atoms with E-state index in [9.17, 15) is 13.2 Å². The van der Waals surface area contributed by atoms with Gasteiger partial charge in [0, 0.05) is 16.6 Å². The molecule has 0 saturated carbocycles. The van der Waals surface area contributed by atoms with E-state index in [-0.39, 0.29) is 10.7 Å². The van der Waals surface area contributed by atoms with Gasteiger partial charge in [0.2, 0.25) is 0 Å². The van der Waals surface area contributed by atoms with Crippen LogP contribution in [0, 0.1) is 0 Å². The zero-order valence-corrected chi connectivity index (χ0v) is 15.9. The molecule has 0 atom stereocenters. The summed E-state index contributed by atoms with van der Waals surface area (Å²) >= 11 is 0. The van der Waals surface area contributed by atoms with E-state index < -0.39 is 10.0 Å². The number of sulfonamides is 1. The van der Waals surface area contributed by atoms with Crippen LogP contribution in [0.4, 0.5) is 5.69 Å². The van der Waals surface area contributed by atoms with Crippen LogP contribution in [0.15, 0.2) is 88.2 Å². The minimum atomic E-state index is -3.73. The van der Waals surface area contributed by atoms with E-state index in [4.69, 9.17) is 4.42 Å². The first-order valence-corrected chi connectivity index (χ1v) is 10.1. The SMILES string of the molecule is CC(=O)c1c(-c2ccccc2)oc2ccc(NS(=O)(=O)c3ccccc3)cc12. The molecule has 6 heteroatoms. The van der Waals surface area contributed by atoms with Crippen molar-refractivity contribution in [2.75, 3.05) is 4.72 Å². The van der Waals surface area contributed by atoms with Crippen LogP contribution >= 0.6 is 0 Å². The third-order valence-electron chi connectivity index (χ3n) is 4.38. The minimum absolute atomic E-state index is 0.152. The molecule has 0 saturated heterocycles. The van der Waals surface area contributed by atoms with Crippen molar-refractivity contribution in [3.63, 3.8) is 0 Å². The standard InChI is InChI=1S/C22H17NO4S/c1-15(24)21-19-14-17(23-28(25,26)18-10-6-3-7-11-18)12-13-20(19)27-22(21)16-8-4-2-5-9-16/h2-14,23H,1H3. The van der Waals surface area contributed by atoms with Gasteiger partial charge in [-0.2, -0.15) is 0 Å². The molecule has 4 aromatic rings. The fourth-order valence-corrected chi connectivity index (χ4v) is 4.19. The molecule has 1 aromatic heterocycles. The maximum atomic E-state index is 12.6. The maximum Gasteiger partial charge on any atom is 0.261 e. The summed E-state index contributed by atoms with van der Waals surface area (Å²) in [5.74, 6) is 0.326. The van der Waals surface area contributed by atoms with Gasteiger partial charge in [0.15, 0.2) is 5.78 Å². The molecular weight excluding hydrogens is 374 g/mol. The molecule has 140 valence electrons. The summed E-state index contributed by atoms with van der Waals surface area (Å²) < 4.78 is 33.6. The van der Waals surface area contributed by atoms with Gasteiger partial charge >= 0.3 is 0 Å². The number of fused-ring (bicyclic) bond motifs is 1. The molecule has 0 aliphatic heterocycles. The van der Waals surface area contributed by atoms with Gasteiger partial charge in [-0.25, -0.2) is 8.42 Å². The predicted octanol–water partition coefficient (Wildman–Crippen LogP) is 5.10. The molecule has 0 aliphatic carbocycles. The van der Waals surface area contributed by atoms with Crippen LogP contribution in [-0.4, -0.2) is 14.2 Å². The summed E-state index contributed by atoms with van der Waals surface area (Å²) in [6.07, 6.45) is 0. The van der Waals surface area contributed by atoms with Gasteiger partial charge in [-0.05, 0) is 37.3 Å². The van der Waals surface area contributed by atoms with E-state index in [1.54, 1.807) is 36.4 Å². The second-order valence-electron chi connectivity index (χ2n) is 6.36. The zero-order chi connectivity index (χ0) is 19.7. The van der Waals surface area contributed by atoms with E-state index in [0.29, 0.717) is 28.0 Å². The first-order chi connectivity index (χ1) is 13.5. The Bertz CT molecular complexity index is 1260.